The van der Waals surface area contributed by atoms with Crippen molar-refractivity contribution in [3.05, 3.63) is 94.6 Å². The van der Waals surface area contributed by atoms with Crippen LogP contribution in [0.5, 0.6) is 5.75 Å². The molecule has 0 radical (unpaired) electrons. The number of carbonyl (C=O) groups excluding carboxylic acids is 3. The second kappa shape index (κ2) is 9.19. The van der Waals surface area contributed by atoms with E-state index in [-0.39, 0.29) is 21.8 Å². The molecule has 1 heterocycles. The molecule has 9 heteroatoms. The molecule has 0 aliphatic carbocycles. The van der Waals surface area contributed by atoms with Crippen molar-refractivity contribution in [1.29, 1.82) is 0 Å². The van der Waals surface area contributed by atoms with E-state index in [9.17, 15) is 22.8 Å². The minimum atomic E-state index is -4.17. The lowest BCUT2D eigenvalue weighted by Crippen LogP contribution is -2.54. The summed E-state index contributed by atoms with van der Waals surface area (Å²) < 4.78 is 30.9. The van der Waals surface area contributed by atoms with Crippen LogP contribution in [0.4, 0.5) is 10.5 Å². The molecule has 1 aliphatic rings. The largest absolute Gasteiger partial charge is 0.378 e. The predicted molar refractivity (Wildman–Crippen MR) is 130 cm³/mol. The van der Waals surface area contributed by atoms with Crippen molar-refractivity contribution in [2.45, 2.75) is 25.7 Å². The van der Waals surface area contributed by atoms with Gasteiger partial charge in [-0.1, -0.05) is 53.6 Å². The molecule has 35 heavy (non-hydrogen) atoms. The molecule has 0 saturated carbocycles. The van der Waals surface area contributed by atoms with Gasteiger partial charge in [-0.3, -0.25) is 14.9 Å². The Bertz CT molecular complexity index is 1490. The highest BCUT2D eigenvalue weighted by molar-refractivity contribution is 7.87. The van der Waals surface area contributed by atoms with E-state index in [2.05, 4.69) is 5.32 Å². The van der Waals surface area contributed by atoms with Crippen LogP contribution in [0.15, 0.2) is 77.2 Å². The molecule has 8 nitrogen and oxygen atoms in total. The first-order valence-electron chi connectivity index (χ1n) is 10.7. The Labute approximate surface area is 203 Å². The molecule has 3 aromatic rings. The molecule has 0 aromatic heterocycles. The highest BCUT2D eigenvalue weighted by Gasteiger charge is 2.37. The van der Waals surface area contributed by atoms with Crippen molar-refractivity contribution in [1.82, 2.24) is 5.32 Å². The molecule has 0 atom stereocenters. The molecule has 1 N–H and O–H groups in total. The van der Waals surface area contributed by atoms with Gasteiger partial charge in [-0.25, -0.2) is 9.69 Å². The summed E-state index contributed by atoms with van der Waals surface area (Å²) in [5.41, 5.74) is 2.69. The smallest absolute Gasteiger partial charge is 0.339 e. The Kier molecular flexibility index (Phi) is 6.27. The summed E-state index contributed by atoms with van der Waals surface area (Å²) in [5, 5.41) is 2.17. The van der Waals surface area contributed by atoms with Gasteiger partial charge in [0.15, 0.2) is 0 Å². The number of rotatable bonds is 5. The molecular formula is C26H22N2O6S. The molecule has 4 rings (SSSR count). The molecule has 1 aliphatic heterocycles. The maximum Gasteiger partial charge on any atom is 0.339 e. The lowest BCUT2D eigenvalue weighted by molar-refractivity contribution is -0.122. The number of carbonyl (C=O) groups is 3. The van der Waals surface area contributed by atoms with E-state index in [1.165, 1.54) is 30.3 Å². The van der Waals surface area contributed by atoms with E-state index in [1.807, 2.05) is 19.9 Å². The number of aryl methyl sites for hydroxylation is 3. The number of nitrogens with one attached hydrogen (secondary N) is 1. The average Bonchev–Trinajstić information content (AvgIpc) is 2.79. The van der Waals surface area contributed by atoms with E-state index in [1.54, 1.807) is 43.3 Å². The molecule has 0 bridgehead atoms. The van der Waals surface area contributed by atoms with Crippen LogP contribution in [-0.4, -0.2) is 26.3 Å². The van der Waals surface area contributed by atoms with Gasteiger partial charge in [-0.05, 0) is 56.7 Å². The fraction of sp³-hybridized carbons (Fsp3) is 0.115. The van der Waals surface area contributed by atoms with Crippen LogP contribution in [0.2, 0.25) is 0 Å². The molecule has 0 spiro atoms. The van der Waals surface area contributed by atoms with Gasteiger partial charge in [0.2, 0.25) is 0 Å². The first-order valence-corrected chi connectivity index (χ1v) is 12.1. The summed E-state index contributed by atoms with van der Waals surface area (Å²) >= 11 is 0. The predicted octanol–water partition coefficient (Wildman–Crippen LogP) is 4.05. The molecule has 178 valence electrons. The van der Waals surface area contributed by atoms with E-state index >= 15 is 0 Å². The molecule has 3 aromatic carbocycles. The Morgan fingerprint density at radius 1 is 0.857 bits per heavy atom. The quantitative estimate of drug-likeness (QED) is 0.328. The van der Waals surface area contributed by atoms with Crippen molar-refractivity contribution >= 4 is 39.7 Å². The highest BCUT2D eigenvalue weighted by Crippen LogP contribution is 2.29. The summed E-state index contributed by atoms with van der Waals surface area (Å²) in [4.78, 5) is 39.2. The van der Waals surface area contributed by atoms with E-state index < -0.39 is 28.0 Å². The van der Waals surface area contributed by atoms with Crippen LogP contribution >= 0.6 is 0 Å². The Morgan fingerprint density at radius 3 is 2.20 bits per heavy atom. The standard InChI is InChI=1S/C26H22N2O6S/c1-16-8-11-20(12-9-16)35(32,33)34-23-7-5-4-6-19(23)15-21-24(29)27-26(31)28(25(21)30)22-13-10-17(2)14-18(22)3/h4-15H,1-3H3,(H,27,29,31)/b21-15+. The van der Waals surface area contributed by atoms with E-state index in [4.69, 9.17) is 4.18 Å². The van der Waals surface area contributed by atoms with Crippen molar-refractivity contribution in [2.24, 2.45) is 0 Å². The summed E-state index contributed by atoms with van der Waals surface area (Å²) in [7, 11) is -4.17. The number of benzene rings is 3. The summed E-state index contributed by atoms with van der Waals surface area (Å²) in [5.74, 6) is -1.80. The molecule has 1 saturated heterocycles. The third-order valence-corrected chi connectivity index (χ3v) is 6.67. The SMILES string of the molecule is Cc1ccc(S(=O)(=O)Oc2ccccc2/C=C2\C(=O)NC(=O)N(c3ccc(C)cc3C)C2=O)cc1. The number of anilines is 1. The monoisotopic (exact) mass is 490 g/mol. The first-order chi connectivity index (χ1) is 16.6. The number of barbiturate groups is 1. The van der Waals surface area contributed by atoms with E-state index in [0.717, 1.165) is 16.0 Å². The normalized spacial score (nSPS) is 15.3. The van der Waals surface area contributed by atoms with Crippen LogP contribution < -0.4 is 14.4 Å². The lowest BCUT2D eigenvalue weighted by atomic mass is 10.0. The van der Waals surface area contributed by atoms with Gasteiger partial charge < -0.3 is 4.18 Å². The molecular weight excluding hydrogens is 468 g/mol. The maximum absolute atomic E-state index is 13.3. The number of hydrogen-bond acceptors (Lipinski definition) is 6. The topological polar surface area (TPSA) is 110 Å². The Hall–Kier alpha value is -4.24. The summed E-state index contributed by atoms with van der Waals surface area (Å²) in [6.07, 6.45) is 1.21. The number of nitrogens with zero attached hydrogens (tertiary/aromatic N) is 1. The zero-order valence-electron chi connectivity index (χ0n) is 19.2. The second-order valence-corrected chi connectivity index (χ2v) is 9.68. The van der Waals surface area contributed by atoms with Gasteiger partial charge in [-0.15, -0.1) is 0 Å². The number of hydrogen-bond donors (Lipinski definition) is 1. The average molecular weight is 491 g/mol. The van der Waals surface area contributed by atoms with Crippen LogP contribution in [0.25, 0.3) is 6.08 Å². The fourth-order valence-electron chi connectivity index (χ4n) is 3.63. The first kappa shape index (κ1) is 23.9. The van der Waals surface area contributed by atoms with Crippen LogP contribution in [0.3, 0.4) is 0 Å². The van der Waals surface area contributed by atoms with E-state index in [0.29, 0.717) is 11.3 Å². The minimum Gasteiger partial charge on any atom is -0.378 e. The molecule has 0 unspecified atom stereocenters. The van der Waals surface area contributed by atoms with Gasteiger partial charge >= 0.3 is 16.1 Å². The van der Waals surface area contributed by atoms with Gasteiger partial charge in [0, 0.05) is 5.56 Å². The zero-order valence-corrected chi connectivity index (χ0v) is 20.0. The maximum atomic E-state index is 13.3. The number of para-hydroxylation sites is 1. The van der Waals surface area contributed by atoms with Gasteiger partial charge in [-0.2, -0.15) is 8.42 Å². The third-order valence-electron chi connectivity index (χ3n) is 5.42. The summed E-state index contributed by atoms with van der Waals surface area (Å²) in [6.45, 7) is 5.46. The molecule has 1 fully saturated rings. The third kappa shape index (κ3) is 4.85. The fourth-order valence-corrected chi connectivity index (χ4v) is 4.59. The van der Waals surface area contributed by atoms with Gasteiger partial charge in [0.1, 0.15) is 16.2 Å². The zero-order chi connectivity index (χ0) is 25.3. The van der Waals surface area contributed by atoms with Crippen LogP contribution in [0.1, 0.15) is 22.3 Å². The van der Waals surface area contributed by atoms with Gasteiger partial charge in [0.25, 0.3) is 11.8 Å². The number of urea groups is 1. The van der Waals surface area contributed by atoms with Gasteiger partial charge in [0.05, 0.1) is 5.69 Å². The Morgan fingerprint density at radius 2 is 1.51 bits per heavy atom. The number of amides is 4. The number of imide groups is 2. The van der Waals surface area contributed by atoms with Crippen molar-refractivity contribution in [3.63, 3.8) is 0 Å². The second-order valence-electron chi connectivity index (χ2n) is 8.14. The minimum absolute atomic E-state index is 0.0383. The van der Waals surface area contributed by atoms with Crippen molar-refractivity contribution < 1.29 is 27.0 Å². The summed E-state index contributed by atoms with van der Waals surface area (Å²) in [6, 6.07) is 16.6. The van der Waals surface area contributed by atoms with Crippen LogP contribution in [-0.2, 0) is 19.7 Å². The van der Waals surface area contributed by atoms with Crippen molar-refractivity contribution in [2.75, 3.05) is 4.90 Å². The van der Waals surface area contributed by atoms with Crippen molar-refractivity contribution in [3.8, 4) is 5.75 Å². The molecule has 4 amide bonds. The van der Waals surface area contributed by atoms with Crippen LogP contribution in [0, 0.1) is 20.8 Å². The Balaban J connectivity index is 1.72. The highest BCUT2D eigenvalue weighted by atomic mass is 32.2. The lowest BCUT2D eigenvalue weighted by Gasteiger charge is -2.27.